The fourth-order valence-electron chi connectivity index (χ4n) is 4.00. The van der Waals surface area contributed by atoms with E-state index in [1.165, 1.54) is 30.4 Å². The van der Waals surface area contributed by atoms with Gasteiger partial charge in [0.05, 0.1) is 28.5 Å². The number of amidine groups is 1. The number of hydrogen-bond donors (Lipinski definition) is 2. The Balaban J connectivity index is 1.69. The van der Waals surface area contributed by atoms with Crippen LogP contribution in [-0.2, 0) is 6.54 Å². The third kappa shape index (κ3) is 3.25. The van der Waals surface area contributed by atoms with E-state index in [0.29, 0.717) is 6.54 Å². The Morgan fingerprint density at radius 2 is 1.88 bits per heavy atom. The van der Waals surface area contributed by atoms with E-state index in [0.717, 1.165) is 35.1 Å². The summed E-state index contributed by atoms with van der Waals surface area (Å²) < 4.78 is 0. The number of para-hydroxylation sites is 1. The zero-order valence-corrected chi connectivity index (χ0v) is 15.4. The van der Waals surface area contributed by atoms with Crippen LogP contribution in [0.15, 0.2) is 47.5 Å². The summed E-state index contributed by atoms with van der Waals surface area (Å²) in [5.74, 6) is 1.04. The van der Waals surface area contributed by atoms with Crippen molar-refractivity contribution in [2.45, 2.75) is 51.1 Å². The minimum atomic E-state index is -0.0836. The lowest BCUT2D eigenvalue weighted by Gasteiger charge is -2.44. The molecule has 0 atom stereocenters. The van der Waals surface area contributed by atoms with Crippen molar-refractivity contribution < 1.29 is 0 Å². The van der Waals surface area contributed by atoms with Crippen molar-refractivity contribution in [3.8, 4) is 0 Å². The average Bonchev–Trinajstić information content (AvgIpc) is 2.61. The molecule has 1 heterocycles. The predicted molar refractivity (Wildman–Crippen MR) is 107 cm³/mol. The Kier molecular flexibility index (Phi) is 4.43. The molecule has 4 rings (SSSR count). The summed E-state index contributed by atoms with van der Waals surface area (Å²) in [5.41, 5.74) is 4.46. The molecule has 0 unspecified atom stereocenters. The lowest BCUT2D eigenvalue weighted by Crippen LogP contribution is -2.53. The molecule has 0 amide bonds. The Hall–Kier alpha value is -2.00. The third-order valence-corrected chi connectivity index (χ3v) is 5.61. The first-order valence-electron chi connectivity index (χ1n) is 9.10. The summed E-state index contributed by atoms with van der Waals surface area (Å²) in [6.45, 7) is 2.81. The van der Waals surface area contributed by atoms with Crippen molar-refractivity contribution in [1.82, 2.24) is 0 Å². The minimum absolute atomic E-state index is 0.0836. The highest BCUT2D eigenvalue weighted by Gasteiger charge is 2.41. The largest absolute Gasteiger partial charge is 0.371 e. The summed E-state index contributed by atoms with van der Waals surface area (Å²) in [6.07, 6.45) is 5.98. The predicted octanol–water partition coefficient (Wildman–Crippen LogP) is 5.79. The molecule has 1 aliphatic carbocycles. The van der Waals surface area contributed by atoms with Gasteiger partial charge < -0.3 is 10.6 Å². The maximum Gasteiger partial charge on any atom is 0.127 e. The van der Waals surface area contributed by atoms with Crippen LogP contribution in [-0.4, -0.2) is 11.4 Å². The summed E-state index contributed by atoms with van der Waals surface area (Å²) in [7, 11) is 0. The van der Waals surface area contributed by atoms with Crippen LogP contribution in [0.4, 0.5) is 11.4 Å². The maximum absolute atomic E-state index is 6.42. The van der Waals surface area contributed by atoms with Crippen molar-refractivity contribution in [2.24, 2.45) is 4.99 Å². The van der Waals surface area contributed by atoms with Gasteiger partial charge in [0.15, 0.2) is 0 Å². The second-order valence-electron chi connectivity index (χ2n) is 7.21. The van der Waals surface area contributed by atoms with E-state index in [-0.39, 0.29) is 5.54 Å². The molecule has 0 saturated heterocycles. The molecule has 0 aromatic heterocycles. The quantitative estimate of drug-likeness (QED) is 0.717. The third-order valence-electron chi connectivity index (χ3n) is 5.29. The first kappa shape index (κ1) is 16.5. The zero-order valence-electron chi connectivity index (χ0n) is 14.6. The van der Waals surface area contributed by atoms with E-state index < -0.39 is 0 Å². The van der Waals surface area contributed by atoms with Gasteiger partial charge in [-0.15, -0.1) is 0 Å². The van der Waals surface area contributed by atoms with Crippen LogP contribution in [0, 0.1) is 6.92 Å². The van der Waals surface area contributed by atoms with Gasteiger partial charge in [0.2, 0.25) is 0 Å². The highest BCUT2D eigenvalue weighted by Crippen LogP contribution is 2.42. The molecule has 130 valence electrons. The number of nitrogens with zero attached hydrogens (tertiary/aromatic N) is 1. The van der Waals surface area contributed by atoms with E-state index in [2.05, 4.69) is 47.9 Å². The maximum atomic E-state index is 6.42. The van der Waals surface area contributed by atoms with Crippen LogP contribution < -0.4 is 10.6 Å². The molecule has 2 N–H and O–H groups in total. The number of halogens is 1. The molecule has 4 heteroatoms. The lowest BCUT2D eigenvalue weighted by atomic mass is 9.79. The normalized spacial score (nSPS) is 20.0. The zero-order chi connectivity index (χ0) is 17.3. The van der Waals surface area contributed by atoms with Gasteiger partial charge in [0.1, 0.15) is 5.84 Å². The molecule has 2 aromatic carbocycles. The Labute approximate surface area is 154 Å². The molecule has 1 aliphatic heterocycles. The van der Waals surface area contributed by atoms with Crippen molar-refractivity contribution >= 4 is 28.8 Å². The number of hydrogen-bond acceptors (Lipinski definition) is 2. The molecule has 1 saturated carbocycles. The second-order valence-corrected chi connectivity index (χ2v) is 7.62. The number of aliphatic imine (C=N–C) groups is 1. The van der Waals surface area contributed by atoms with Gasteiger partial charge in [-0.3, -0.25) is 4.99 Å². The Morgan fingerprint density at radius 3 is 2.68 bits per heavy atom. The molecule has 2 aliphatic rings. The first-order chi connectivity index (χ1) is 12.2. The van der Waals surface area contributed by atoms with E-state index >= 15 is 0 Å². The van der Waals surface area contributed by atoms with Crippen molar-refractivity contribution in [2.75, 3.05) is 10.6 Å². The summed E-state index contributed by atoms with van der Waals surface area (Å²) in [5, 5.41) is 8.07. The van der Waals surface area contributed by atoms with Crippen LogP contribution in [0.25, 0.3) is 0 Å². The molecule has 3 nitrogen and oxygen atoms in total. The van der Waals surface area contributed by atoms with Crippen LogP contribution in [0.1, 0.15) is 43.2 Å². The van der Waals surface area contributed by atoms with E-state index in [4.69, 9.17) is 16.6 Å². The first-order valence-corrected chi connectivity index (χ1v) is 9.48. The lowest BCUT2D eigenvalue weighted by molar-refractivity contribution is 0.403. The molecular formula is C21H24ClN3. The summed E-state index contributed by atoms with van der Waals surface area (Å²) in [6, 6.07) is 14.6. The highest BCUT2D eigenvalue weighted by atomic mass is 35.5. The summed E-state index contributed by atoms with van der Waals surface area (Å²) >= 11 is 6.42. The molecule has 0 bridgehead atoms. The molecule has 2 aromatic rings. The van der Waals surface area contributed by atoms with Gasteiger partial charge in [-0.1, -0.05) is 66.8 Å². The van der Waals surface area contributed by atoms with Gasteiger partial charge >= 0.3 is 0 Å². The number of benzene rings is 2. The monoisotopic (exact) mass is 353 g/mol. The van der Waals surface area contributed by atoms with E-state index in [9.17, 15) is 0 Å². The van der Waals surface area contributed by atoms with Crippen molar-refractivity contribution in [3.05, 3.63) is 58.6 Å². The number of rotatable bonds is 2. The van der Waals surface area contributed by atoms with Crippen LogP contribution in [0.5, 0.6) is 0 Å². The molecular weight excluding hydrogens is 330 g/mol. The van der Waals surface area contributed by atoms with Gasteiger partial charge in [-0.25, -0.2) is 0 Å². The van der Waals surface area contributed by atoms with E-state index in [1.807, 2.05) is 12.1 Å². The SMILES string of the molecule is Cc1cccc(CN=C2Nc3c(Cl)cccc3NC23CCCCC3)c1. The topological polar surface area (TPSA) is 36.4 Å². The number of aryl methyl sites for hydroxylation is 1. The average molecular weight is 354 g/mol. The smallest absolute Gasteiger partial charge is 0.127 e. The second kappa shape index (κ2) is 6.72. The van der Waals surface area contributed by atoms with Crippen LogP contribution >= 0.6 is 11.6 Å². The number of anilines is 2. The standard InChI is InChI=1S/C21H24ClN3/c1-15-7-5-8-16(13-15)14-23-20-21(11-3-2-4-12-21)25-18-10-6-9-17(22)19(18)24-20/h5-10,13,25H,2-4,11-12,14H2,1H3,(H,23,24). The minimum Gasteiger partial charge on any atom is -0.371 e. The van der Waals surface area contributed by atoms with Crippen LogP contribution in [0.3, 0.4) is 0 Å². The van der Waals surface area contributed by atoms with E-state index in [1.54, 1.807) is 0 Å². The molecule has 25 heavy (non-hydrogen) atoms. The highest BCUT2D eigenvalue weighted by molar-refractivity contribution is 6.35. The fourth-order valence-corrected chi connectivity index (χ4v) is 4.22. The van der Waals surface area contributed by atoms with Crippen LogP contribution in [0.2, 0.25) is 5.02 Å². The van der Waals surface area contributed by atoms with Gasteiger partial charge in [0.25, 0.3) is 0 Å². The molecule has 1 spiro atoms. The number of fused-ring (bicyclic) bond motifs is 1. The molecule has 1 fully saturated rings. The van der Waals surface area contributed by atoms with Crippen molar-refractivity contribution in [1.29, 1.82) is 0 Å². The van der Waals surface area contributed by atoms with Crippen molar-refractivity contribution in [3.63, 3.8) is 0 Å². The number of nitrogens with one attached hydrogen (secondary N) is 2. The van der Waals surface area contributed by atoms with Gasteiger partial charge in [-0.05, 0) is 37.5 Å². The van der Waals surface area contributed by atoms with Gasteiger partial charge in [-0.2, -0.15) is 0 Å². The van der Waals surface area contributed by atoms with Gasteiger partial charge in [0, 0.05) is 0 Å². The Morgan fingerprint density at radius 1 is 1.08 bits per heavy atom. The summed E-state index contributed by atoms with van der Waals surface area (Å²) in [4.78, 5) is 5.00. The Bertz CT molecular complexity index is 807. The fraction of sp³-hybridized carbons (Fsp3) is 0.381. The molecule has 0 radical (unpaired) electrons.